The molecule has 0 aromatic rings. The molecule has 6 heteroatoms. The van der Waals surface area contributed by atoms with Gasteiger partial charge in [-0.2, -0.15) is 0 Å². The summed E-state index contributed by atoms with van der Waals surface area (Å²) in [6, 6.07) is 0. The first-order chi connectivity index (χ1) is 2.91. The molecular formula is CH4MnN2O3-2. The van der Waals surface area contributed by atoms with Crippen LogP contribution in [0.4, 0.5) is 0 Å². The average Bonchev–Trinajstić information content (AvgIpc) is 1.72. The molecule has 0 saturated heterocycles. The molecule has 0 aliphatic heterocycles. The van der Waals surface area contributed by atoms with Crippen LogP contribution >= 0.6 is 0 Å². The Morgan fingerprint density at radius 3 is 1.71 bits per heavy atom. The zero-order chi connectivity index (χ0) is 5.41. The molecule has 0 fully saturated rings. The molecule has 0 atom stereocenters. The third-order valence-corrected chi connectivity index (χ3v) is 0.0373. The Bertz CT molecular complexity index is 34.1. The Morgan fingerprint density at radius 2 is 1.71 bits per heavy atom. The van der Waals surface area contributed by atoms with Crippen molar-refractivity contribution >= 4 is 0 Å². The molecule has 0 spiro atoms. The van der Waals surface area contributed by atoms with E-state index in [2.05, 4.69) is 0 Å². The number of rotatable bonds is 1. The average molecular weight is 147 g/mol. The van der Waals surface area contributed by atoms with Crippen LogP contribution in [-0.2, 0) is 19.8 Å². The Morgan fingerprint density at radius 1 is 1.57 bits per heavy atom. The van der Waals surface area contributed by atoms with E-state index in [1.54, 1.807) is 21.2 Å². The van der Waals surface area contributed by atoms with Gasteiger partial charge < -0.3 is 18.2 Å². The van der Waals surface area contributed by atoms with E-state index in [1.165, 1.54) is 0 Å². The van der Waals surface area contributed by atoms with Gasteiger partial charge in [-0.1, -0.05) is 0 Å². The van der Waals surface area contributed by atoms with Gasteiger partial charge in [-0.3, -0.25) is 0 Å². The van der Waals surface area contributed by atoms with E-state index >= 15 is 0 Å². The van der Waals surface area contributed by atoms with Gasteiger partial charge in [0.25, 0.3) is 0 Å². The second-order valence-corrected chi connectivity index (χ2v) is 0.183. The van der Waals surface area contributed by atoms with Gasteiger partial charge in [0, 0.05) is 5.29 Å². The zero-order valence-corrected chi connectivity index (χ0v) is 4.73. The van der Waals surface area contributed by atoms with Crippen LogP contribution in [0.15, 0.2) is 5.29 Å². The van der Waals surface area contributed by atoms with Crippen molar-refractivity contribution in [1.82, 2.24) is 5.59 Å². The molecule has 0 saturated carbocycles. The first-order valence-corrected chi connectivity index (χ1v) is 1.25. The predicted octanol–water partition coefficient (Wildman–Crippen LogP) is 0.0842. The maximum atomic E-state index is 8.57. The molecule has 1 N–H and O–H groups in total. The van der Waals surface area contributed by atoms with Crippen molar-refractivity contribution in [3.8, 4) is 0 Å². The summed E-state index contributed by atoms with van der Waals surface area (Å²) in [5, 5.41) is 10.2. The predicted molar refractivity (Wildman–Crippen MR) is 19.4 cm³/mol. The summed E-state index contributed by atoms with van der Waals surface area (Å²) in [5.41, 5.74) is 0.750. The molecule has 0 aromatic heterocycles. The van der Waals surface area contributed by atoms with Crippen molar-refractivity contribution < 1.29 is 19.8 Å². The van der Waals surface area contributed by atoms with E-state index in [1.807, 2.05) is 0 Å². The second-order valence-electron chi connectivity index (χ2n) is 0.183. The van der Waals surface area contributed by atoms with Gasteiger partial charge in [-0.25, -0.2) is 0 Å². The van der Waals surface area contributed by atoms with Gasteiger partial charge in [0.1, 0.15) is 0 Å². The van der Waals surface area contributed by atoms with Crippen LogP contribution in [0.5, 0.6) is 0 Å². The van der Waals surface area contributed by atoms with E-state index in [-0.39, 0.29) is 7.43 Å². The number of hydrogen-bond acceptors (Lipinski definition) is 4. The van der Waals surface area contributed by atoms with Crippen LogP contribution in [0.25, 0.3) is 0 Å². The molecule has 0 heterocycles. The SMILES string of the molecule is O=NN[O-].[CH3-].[O]=[Mn]. The van der Waals surface area contributed by atoms with E-state index in [4.69, 9.17) is 13.9 Å². The van der Waals surface area contributed by atoms with Gasteiger partial charge in [0.15, 0.2) is 0 Å². The van der Waals surface area contributed by atoms with Crippen molar-refractivity contribution in [1.29, 1.82) is 0 Å². The van der Waals surface area contributed by atoms with Gasteiger partial charge >= 0.3 is 19.8 Å². The van der Waals surface area contributed by atoms with Crippen LogP contribution in [0.2, 0.25) is 0 Å². The van der Waals surface area contributed by atoms with Crippen molar-refractivity contribution in [2.75, 3.05) is 0 Å². The van der Waals surface area contributed by atoms with Crippen LogP contribution in [0.3, 0.4) is 0 Å². The van der Waals surface area contributed by atoms with Gasteiger partial charge in [0.2, 0.25) is 0 Å². The molecule has 0 aromatic carbocycles. The van der Waals surface area contributed by atoms with E-state index < -0.39 is 0 Å². The molecule has 0 radical (unpaired) electrons. The van der Waals surface area contributed by atoms with E-state index in [0.717, 1.165) is 5.59 Å². The Kier molecular flexibility index (Phi) is 100. The van der Waals surface area contributed by atoms with Crippen LogP contribution in [0.1, 0.15) is 0 Å². The Hall–Kier alpha value is -0.321. The fraction of sp³-hybridized carbons (Fsp3) is 0. The molecule has 0 bridgehead atoms. The maximum absolute atomic E-state index is 8.57. The standard InChI is InChI=1S/CH3.Mn.HN2O2.O/c;;3-1-2-4;/h1H3;;(H-,1,2,3,4);/q-1;;-1;. The quantitative estimate of drug-likeness (QED) is 0.246. The molecular weight excluding hydrogens is 143 g/mol. The van der Waals surface area contributed by atoms with Crippen molar-refractivity contribution in [3.05, 3.63) is 17.5 Å². The topological polar surface area (TPSA) is 81.6 Å². The van der Waals surface area contributed by atoms with E-state index in [9.17, 15) is 0 Å². The van der Waals surface area contributed by atoms with Crippen molar-refractivity contribution in [2.45, 2.75) is 0 Å². The summed E-state index contributed by atoms with van der Waals surface area (Å²) in [6.45, 7) is 0. The zero-order valence-electron chi connectivity index (χ0n) is 3.55. The van der Waals surface area contributed by atoms with Crippen LogP contribution in [-0.4, -0.2) is 0 Å². The summed E-state index contributed by atoms with van der Waals surface area (Å²) in [5.74, 6) is 0. The fourth-order valence-electron chi connectivity index (χ4n) is 0. The molecule has 0 rings (SSSR count). The molecule has 0 aliphatic rings. The van der Waals surface area contributed by atoms with Crippen LogP contribution in [0, 0.1) is 17.5 Å². The third kappa shape index (κ3) is 167. The Labute approximate surface area is 49.0 Å². The molecule has 5 nitrogen and oxygen atoms in total. The minimum absolute atomic E-state index is 0. The molecule has 0 aliphatic carbocycles. The summed E-state index contributed by atoms with van der Waals surface area (Å²) < 4.78 is 8.06. The number of hydrogen-bond donors (Lipinski definition) is 1. The molecule has 45 valence electrons. The summed E-state index contributed by atoms with van der Waals surface area (Å²) in [4.78, 5) is 8.50. The Balaban J connectivity index is -0.0000000480. The van der Waals surface area contributed by atoms with E-state index in [0.29, 0.717) is 0 Å². The second kappa shape index (κ2) is 44.1. The monoisotopic (exact) mass is 147 g/mol. The number of nitroso groups, excluding NO2 is 1. The number of nitrogens with zero attached hydrogens (tertiary/aromatic N) is 1. The van der Waals surface area contributed by atoms with Crippen molar-refractivity contribution in [3.63, 3.8) is 0 Å². The fourth-order valence-corrected chi connectivity index (χ4v) is 0. The van der Waals surface area contributed by atoms with Crippen molar-refractivity contribution in [2.24, 2.45) is 5.29 Å². The third-order valence-electron chi connectivity index (χ3n) is 0.0373. The van der Waals surface area contributed by atoms with Gasteiger partial charge in [0.05, 0.1) is 0 Å². The summed E-state index contributed by atoms with van der Waals surface area (Å²) in [6.07, 6.45) is 0. The summed E-state index contributed by atoms with van der Waals surface area (Å²) in [7, 11) is 0. The minimum atomic E-state index is 0. The molecule has 0 unspecified atom stereocenters. The van der Waals surface area contributed by atoms with Crippen LogP contribution < -0.4 is 5.59 Å². The number of nitrogens with one attached hydrogen (secondary N) is 1. The normalized spacial score (nSPS) is 3.57. The molecule has 7 heavy (non-hydrogen) atoms. The molecule has 0 amide bonds. The van der Waals surface area contributed by atoms with Gasteiger partial charge in [-0.15, -0.1) is 4.91 Å². The first-order valence-electron chi connectivity index (χ1n) is 0.765. The first kappa shape index (κ1) is 15.9. The summed E-state index contributed by atoms with van der Waals surface area (Å²) >= 11 is 1.69. The van der Waals surface area contributed by atoms with Gasteiger partial charge in [-0.05, 0) is 0 Å².